The lowest BCUT2D eigenvalue weighted by Crippen LogP contribution is -2.28. The number of rotatable bonds is 8. The molecule has 2 aromatic carbocycles. The molecule has 0 saturated heterocycles. The number of amides is 2. The maximum absolute atomic E-state index is 12.4. The quantitative estimate of drug-likeness (QED) is 0.398. The Kier molecular flexibility index (Phi) is 7.61. The zero-order chi connectivity index (χ0) is 23.1. The molecule has 3 aromatic rings. The molecule has 1 atom stereocenters. The summed E-state index contributed by atoms with van der Waals surface area (Å²) in [5.41, 5.74) is 1.53. The van der Waals surface area contributed by atoms with Crippen LogP contribution in [0.25, 0.3) is 0 Å². The summed E-state index contributed by atoms with van der Waals surface area (Å²) in [5, 5.41) is 14.5. The van der Waals surface area contributed by atoms with E-state index in [2.05, 4.69) is 25.6 Å². The number of hydrogen-bond acceptors (Lipinski definition) is 7. The minimum Gasteiger partial charge on any atom is -0.465 e. The highest BCUT2D eigenvalue weighted by Gasteiger charge is 2.19. The normalized spacial score (nSPS) is 11.5. The van der Waals surface area contributed by atoms with Gasteiger partial charge in [-0.3, -0.25) is 9.59 Å². The number of aromatic nitrogens is 3. The number of hydrogen-bond donors (Lipinski definition) is 2. The first-order valence-electron chi connectivity index (χ1n) is 9.75. The van der Waals surface area contributed by atoms with Gasteiger partial charge in [0.1, 0.15) is 0 Å². The summed E-state index contributed by atoms with van der Waals surface area (Å²) in [4.78, 5) is 36.1. The van der Waals surface area contributed by atoms with Crippen LogP contribution in [0.3, 0.4) is 0 Å². The van der Waals surface area contributed by atoms with Gasteiger partial charge in [-0.25, -0.2) is 4.79 Å². The minimum atomic E-state index is -0.439. The molecule has 0 saturated carbocycles. The average molecular weight is 454 g/mol. The molecule has 1 aromatic heterocycles. The van der Waals surface area contributed by atoms with E-state index < -0.39 is 5.97 Å². The van der Waals surface area contributed by atoms with Gasteiger partial charge in [0, 0.05) is 18.3 Å². The molecule has 10 heteroatoms. The number of esters is 1. The second-order valence-electron chi connectivity index (χ2n) is 6.87. The largest absolute Gasteiger partial charge is 0.465 e. The van der Waals surface area contributed by atoms with E-state index in [0.29, 0.717) is 27.8 Å². The second kappa shape index (κ2) is 10.6. The molecule has 2 amide bonds. The number of ether oxygens (including phenoxy) is 1. The van der Waals surface area contributed by atoms with Crippen LogP contribution in [0.5, 0.6) is 0 Å². The molecule has 32 heavy (non-hydrogen) atoms. The maximum Gasteiger partial charge on any atom is 0.337 e. The predicted molar refractivity (Wildman–Crippen MR) is 120 cm³/mol. The lowest BCUT2D eigenvalue weighted by Gasteiger charge is -2.13. The van der Waals surface area contributed by atoms with Gasteiger partial charge in [0.25, 0.3) is 5.91 Å². The SMILES string of the molecule is COC(=O)c1ccc(NC(=O)CSc2nnc([C@H](C)NC(=O)c3ccccc3)n2C)cc1. The Morgan fingerprint density at radius 2 is 1.72 bits per heavy atom. The van der Waals surface area contributed by atoms with Crippen LogP contribution in [-0.2, 0) is 16.6 Å². The van der Waals surface area contributed by atoms with Crippen molar-refractivity contribution in [1.82, 2.24) is 20.1 Å². The molecule has 2 N–H and O–H groups in total. The number of benzene rings is 2. The molecule has 1 heterocycles. The number of nitrogens with zero attached hydrogens (tertiary/aromatic N) is 3. The summed E-state index contributed by atoms with van der Waals surface area (Å²) in [5.74, 6) is -0.167. The number of anilines is 1. The number of carbonyl (C=O) groups is 3. The molecule has 0 spiro atoms. The van der Waals surface area contributed by atoms with Crippen molar-refractivity contribution in [2.24, 2.45) is 7.05 Å². The maximum atomic E-state index is 12.4. The first-order valence-corrected chi connectivity index (χ1v) is 10.7. The van der Waals surface area contributed by atoms with Crippen molar-refractivity contribution in [3.05, 3.63) is 71.5 Å². The summed E-state index contributed by atoms with van der Waals surface area (Å²) < 4.78 is 6.40. The molecule has 9 nitrogen and oxygen atoms in total. The van der Waals surface area contributed by atoms with Crippen molar-refractivity contribution in [3.8, 4) is 0 Å². The molecule has 0 radical (unpaired) electrons. The highest BCUT2D eigenvalue weighted by molar-refractivity contribution is 7.99. The minimum absolute atomic E-state index is 0.121. The molecule has 166 valence electrons. The molecular formula is C22H23N5O4S. The van der Waals surface area contributed by atoms with Crippen LogP contribution in [0.1, 0.15) is 39.5 Å². The Balaban J connectivity index is 1.54. The van der Waals surface area contributed by atoms with Crippen LogP contribution in [0, 0.1) is 0 Å². The molecule has 3 rings (SSSR count). The number of carbonyl (C=O) groups excluding carboxylic acids is 3. The van der Waals surface area contributed by atoms with Gasteiger partial charge in [-0.2, -0.15) is 0 Å². The first kappa shape index (κ1) is 23.0. The van der Waals surface area contributed by atoms with Gasteiger partial charge in [0.15, 0.2) is 11.0 Å². The van der Waals surface area contributed by atoms with E-state index >= 15 is 0 Å². The van der Waals surface area contributed by atoms with Crippen molar-refractivity contribution < 1.29 is 19.1 Å². The van der Waals surface area contributed by atoms with Gasteiger partial charge in [-0.15, -0.1) is 10.2 Å². The Morgan fingerprint density at radius 3 is 2.38 bits per heavy atom. The van der Waals surface area contributed by atoms with Gasteiger partial charge < -0.3 is 19.9 Å². The van der Waals surface area contributed by atoms with Crippen LogP contribution in [0.15, 0.2) is 59.8 Å². The summed E-state index contributed by atoms with van der Waals surface area (Å²) in [6.07, 6.45) is 0. The molecular weight excluding hydrogens is 430 g/mol. The fraction of sp³-hybridized carbons (Fsp3) is 0.227. The highest BCUT2D eigenvalue weighted by atomic mass is 32.2. The third-order valence-electron chi connectivity index (χ3n) is 4.56. The van der Waals surface area contributed by atoms with E-state index in [-0.39, 0.29) is 23.6 Å². The average Bonchev–Trinajstić information content (AvgIpc) is 3.18. The molecule has 0 aliphatic heterocycles. The van der Waals surface area contributed by atoms with Crippen molar-refractivity contribution in [2.75, 3.05) is 18.2 Å². The third-order valence-corrected chi connectivity index (χ3v) is 5.58. The summed E-state index contributed by atoms with van der Waals surface area (Å²) >= 11 is 1.23. The van der Waals surface area contributed by atoms with E-state index in [1.807, 2.05) is 13.0 Å². The second-order valence-corrected chi connectivity index (χ2v) is 7.81. The standard InChI is InChI=1S/C22H23N5O4S/c1-14(23-20(29)15-7-5-4-6-8-15)19-25-26-22(27(19)2)32-13-18(28)24-17-11-9-16(10-12-17)21(30)31-3/h4-12,14H,13H2,1-3H3,(H,23,29)(H,24,28)/t14-/m0/s1. The Labute approximate surface area is 189 Å². The van der Waals surface area contributed by atoms with E-state index in [9.17, 15) is 14.4 Å². The van der Waals surface area contributed by atoms with Crippen LogP contribution < -0.4 is 10.6 Å². The van der Waals surface area contributed by atoms with Gasteiger partial charge in [0.05, 0.1) is 24.5 Å². The summed E-state index contributed by atoms with van der Waals surface area (Å²) in [7, 11) is 3.09. The topological polar surface area (TPSA) is 115 Å². The van der Waals surface area contributed by atoms with E-state index in [1.165, 1.54) is 18.9 Å². The Morgan fingerprint density at radius 1 is 1.03 bits per heavy atom. The van der Waals surface area contributed by atoms with Gasteiger partial charge >= 0.3 is 5.97 Å². The lowest BCUT2D eigenvalue weighted by molar-refractivity contribution is -0.113. The van der Waals surface area contributed by atoms with Gasteiger partial charge in [-0.1, -0.05) is 30.0 Å². The summed E-state index contributed by atoms with van der Waals surface area (Å²) in [6.45, 7) is 1.82. The lowest BCUT2D eigenvalue weighted by atomic mass is 10.2. The van der Waals surface area contributed by atoms with Crippen molar-refractivity contribution in [1.29, 1.82) is 0 Å². The number of methoxy groups -OCH3 is 1. The van der Waals surface area contributed by atoms with Gasteiger partial charge in [0.2, 0.25) is 5.91 Å². The fourth-order valence-electron chi connectivity index (χ4n) is 2.90. The van der Waals surface area contributed by atoms with Crippen LogP contribution in [0.2, 0.25) is 0 Å². The zero-order valence-corrected chi connectivity index (χ0v) is 18.7. The molecule has 0 aliphatic rings. The predicted octanol–water partition coefficient (Wildman–Crippen LogP) is 2.82. The first-order chi connectivity index (χ1) is 15.4. The Hall–Kier alpha value is -3.66. The van der Waals surface area contributed by atoms with Crippen LogP contribution in [0.4, 0.5) is 5.69 Å². The smallest absolute Gasteiger partial charge is 0.337 e. The van der Waals surface area contributed by atoms with Crippen LogP contribution >= 0.6 is 11.8 Å². The monoisotopic (exact) mass is 453 g/mol. The zero-order valence-electron chi connectivity index (χ0n) is 17.9. The van der Waals surface area contributed by atoms with Crippen LogP contribution in [-0.4, -0.2) is 45.4 Å². The Bertz CT molecular complexity index is 1100. The summed E-state index contributed by atoms with van der Waals surface area (Å²) in [6, 6.07) is 15.0. The molecule has 0 unspecified atom stereocenters. The fourth-order valence-corrected chi connectivity index (χ4v) is 3.62. The molecule has 0 fully saturated rings. The van der Waals surface area contributed by atoms with E-state index in [4.69, 9.17) is 0 Å². The van der Waals surface area contributed by atoms with Crippen molar-refractivity contribution >= 4 is 35.2 Å². The highest BCUT2D eigenvalue weighted by Crippen LogP contribution is 2.20. The van der Waals surface area contributed by atoms with Crippen molar-refractivity contribution in [2.45, 2.75) is 18.1 Å². The van der Waals surface area contributed by atoms with E-state index in [1.54, 1.807) is 60.1 Å². The van der Waals surface area contributed by atoms with Gasteiger partial charge in [-0.05, 0) is 43.3 Å². The molecule has 0 bridgehead atoms. The van der Waals surface area contributed by atoms with E-state index in [0.717, 1.165) is 0 Å². The van der Waals surface area contributed by atoms with Crippen molar-refractivity contribution in [3.63, 3.8) is 0 Å². The third kappa shape index (κ3) is 5.73. The molecule has 0 aliphatic carbocycles. The number of nitrogens with one attached hydrogen (secondary N) is 2. The number of thioether (sulfide) groups is 1.